The minimum absolute atomic E-state index is 0.0224. The first-order valence-corrected chi connectivity index (χ1v) is 15.3. The lowest BCUT2D eigenvalue weighted by molar-refractivity contribution is -0.141. The van der Waals surface area contributed by atoms with E-state index in [0.29, 0.717) is 36.6 Å². The van der Waals surface area contributed by atoms with Crippen LogP contribution in [0.5, 0.6) is 5.75 Å². The van der Waals surface area contributed by atoms with Gasteiger partial charge in [-0.15, -0.1) is 5.06 Å². The number of amides is 2. The number of unbranched alkanes of at least 4 members (excludes halogenated alkanes) is 4. The molecule has 2 amide bonds. The fraction of sp³-hybridized carbons (Fsp3) is 0.412. The number of anilines is 2. The van der Waals surface area contributed by atoms with Crippen LogP contribution >= 0.6 is 0 Å². The summed E-state index contributed by atoms with van der Waals surface area (Å²) >= 11 is 0. The van der Waals surface area contributed by atoms with E-state index in [1.54, 1.807) is 18.2 Å². The molecule has 244 valence electrons. The molecule has 0 unspecified atom stereocenters. The van der Waals surface area contributed by atoms with Gasteiger partial charge in [0.15, 0.2) is 0 Å². The molecule has 0 heterocycles. The molecule has 10 nitrogen and oxygen atoms in total. The van der Waals surface area contributed by atoms with Crippen LogP contribution in [0.3, 0.4) is 0 Å². The summed E-state index contributed by atoms with van der Waals surface area (Å²) in [7, 11) is 0. The average Bonchev–Trinajstić information content (AvgIpc) is 3.02. The van der Waals surface area contributed by atoms with Gasteiger partial charge in [-0.2, -0.15) is 0 Å². The number of phenols is 1. The predicted molar refractivity (Wildman–Crippen MR) is 170 cm³/mol. The van der Waals surface area contributed by atoms with Gasteiger partial charge in [0.1, 0.15) is 11.6 Å². The predicted octanol–water partition coefficient (Wildman–Crippen LogP) is 5.76. The van der Waals surface area contributed by atoms with Crippen molar-refractivity contribution in [2.75, 3.05) is 36.7 Å². The number of nitrogens with one attached hydrogen (secondary N) is 2. The van der Waals surface area contributed by atoms with Crippen LogP contribution in [0.15, 0.2) is 66.7 Å². The van der Waals surface area contributed by atoms with Gasteiger partial charge in [-0.25, -0.2) is 14.0 Å². The van der Waals surface area contributed by atoms with Gasteiger partial charge in [-0.3, -0.25) is 0 Å². The van der Waals surface area contributed by atoms with Gasteiger partial charge in [0, 0.05) is 37.9 Å². The molecule has 0 aromatic heterocycles. The SMILES string of the molecule is CC(=O)ON(C(=O)Nc1cccc(CCCCOCCCCCCNC[C@H](O)c2ccc(O)c(CO)c2)c1)c1ccc(F)cc1. The van der Waals surface area contributed by atoms with E-state index in [4.69, 9.17) is 9.57 Å². The molecular weight excluding hydrogens is 581 g/mol. The number of hydrogen-bond acceptors (Lipinski definition) is 8. The Kier molecular flexibility index (Phi) is 15.3. The molecule has 5 N–H and O–H groups in total. The highest BCUT2D eigenvalue weighted by Crippen LogP contribution is 2.22. The number of benzene rings is 3. The average molecular weight is 626 g/mol. The van der Waals surface area contributed by atoms with Crippen LogP contribution in [0.1, 0.15) is 68.2 Å². The summed E-state index contributed by atoms with van der Waals surface area (Å²) in [4.78, 5) is 29.4. The maximum absolute atomic E-state index is 13.3. The van der Waals surface area contributed by atoms with Crippen LogP contribution in [-0.4, -0.2) is 53.6 Å². The number of aliphatic hydroxyl groups excluding tert-OH is 2. The zero-order valence-corrected chi connectivity index (χ0v) is 25.7. The Bertz CT molecular complexity index is 1340. The maximum Gasteiger partial charge on any atom is 0.359 e. The normalized spacial score (nSPS) is 11.6. The van der Waals surface area contributed by atoms with Crippen molar-refractivity contribution in [3.8, 4) is 5.75 Å². The van der Waals surface area contributed by atoms with Crippen molar-refractivity contribution in [1.82, 2.24) is 5.32 Å². The molecule has 3 aromatic rings. The molecule has 3 rings (SSSR count). The number of rotatable bonds is 18. The van der Waals surface area contributed by atoms with Crippen molar-refractivity contribution in [2.45, 2.75) is 64.6 Å². The third-order valence-corrected chi connectivity index (χ3v) is 7.04. The molecule has 0 saturated carbocycles. The third kappa shape index (κ3) is 12.8. The van der Waals surface area contributed by atoms with Crippen LogP contribution in [0.25, 0.3) is 0 Å². The molecular formula is C34H44FN3O7. The van der Waals surface area contributed by atoms with Gasteiger partial charge in [0.2, 0.25) is 0 Å². The molecule has 0 aliphatic heterocycles. The fourth-order valence-electron chi connectivity index (χ4n) is 4.63. The van der Waals surface area contributed by atoms with Crippen molar-refractivity contribution in [3.63, 3.8) is 0 Å². The minimum atomic E-state index is -0.701. The van der Waals surface area contributed by atoms with Crippen molar-refractivity contribution in [2.24, 2.45) is 0 Å². The van der Waals surface area contributed by atoms with E-state index in [0.717, 1.165) is 62.1 Å². The quantitative estimate of drug-likeness (QED) is 0.0888. The van der Waals surface area contributed by atoms with Crippen molar-refractivity contribution in [1.29, 1.82) is 0 Å². The second-order valence-corrected chi connectivity index (χ2v) is 10.7. The van der Waals surface area contributed by atoms with Gasteiger partial charge in [-0.1, -0.05) is 31.0 Å². The lowest BCUT2D eigenvalue weighted by atomic mass is 10.1. The Morgan fingerprint density at radius 2 is 1.67 bits per heavy atom. The highest BCUT2D eigenvalue weighted by atomic mass is 19.1. The third-order valence-electron chi connectivity index (χ3n) is 7.04. The summed E-state index contributed by atoms with van der Waals surface area (Å²) in [6, 6.07) is 16.6. The molecule has 0 aliphatic carbocycles. The minimum Gasteiger partial charge on any atom is -0.508 e. The van der Waals surface area contributed by atoms with E-state index in [1.807, 2.05) is 18.2 Å². The smallest absolute Gasteiger partial charge is 0.359 e. The summed E-state index contributed by atoms with van der Waals surface area (Å²) in [5.41, 5.74) is 2.88. The lowest BCUT2D eigenvalue weighted by Gasteiger charge is -2.21. The Hall–Kier alpha value is -4.03. The van der Waals surface area contributed by atoms with Gasteiger partial charge >= 0.3 is 12.0 Å². The van der Waals surface area contributed by atoms with Gasteiger partial charge in [0.25, 0.3) is 0 Å². The molecule has 0 saturated heterocycles. The molecule has 0 bridgehead atoms. The number of ether oxygens (including phenoxy) is 1. The van der Waals surface area contributed by atoms with E-state index in [9.17, 15) is 29.3 Å². The number of aliphatic hydroxyl groups is 2. The first-order chi connectivity index (χ1) is 21.8. The number of carbonyl (C=O) groups excluding carboxylic acids is 2. The molecule has 0 radical (unpaired) electrons. The summed E-state index contributed by atoms with van der Waals surface area (Å²) in [5.74, 6) is -1.13. The van der Waals surface area contributed by atoms with Gasteiger partial charge < -0.3 is 35.5 Å². The molecule has 45 heavy (non-hydrogen) atoms. The first-order valence-electron chi connectivity index (χ1n) is 15.3. The second kappa shape index (κ2) is 19.4. The van der Waals surface area contributed by atoms with Crippen molar-refractivity contribution >= 4 is 23.4 Å². The van der Waals surface area contributed by atoms with Crippen molar-refractivity contribution in [3.05, 3.63) is 89.2 Å². The molecule has 11 heteroatoms. The van der Waals surface area contributed by atoms with Crippen LogP contribution in [0.2, 0.25) is 0 Å². The zero-order chi connectivity index (χ0) is 32.4. The van der Waals surface area contributed by atoms with Crippen molar-refractivity contribution < 1.29 is 38.9 Å². The van der Waals surface area contributed by atoms with E-state index in [2.05, 4.69) is 10.6 Å². The first kappa shape index (κ1) is 35.4. The fourth-order valence-corrected chi connectivity index (χ4v) is 4.63. The lowest BCUT2D eigenvalue weighted by Crippen LogP contribution is -2.36. The molecule has 0 spiro atoms. The summed E-state index contributed by atoms with van der Waals surface area (Å²) in [6.07, 6.45) is 6.07. The van der Waals surface area contributed by atoms with Crippen LogP contribution in [0, 0.1) is 5.82 Å². The summed E-state index contributed by atoms with van der Waals surface area (Å²) < 4.78 is 19.1. The highest BCUT2D eigenvalue weighted by Gasteiger charge is 2.20. The molecule has 0 aliphatic rings. The Morgan fingerprint density at radius 3 is 2.40 bits per heavy atom. The number of halogens is 1. The maximum atomic E-state index is 13.3. The van der Waals surface area contributed by atoms with Gasteiger partial charge in [-0.05, 0) is 98.3 Å². The number of urea groups is 1. The number of hydroxylamine groups is 1. The van der Waals surface area contributed by atoms with Crippen LogP contribution in [-0.2, 0) is 27.4 Å². The van der Waals surface area contributed by atoms with Crippen LogP contribution < -0.4 is 15.7 Å². The van der Waals surface area contributed by atoms with Crippen LogP contribution in [0.4, 0.5) is 20.6 Å². The molecule has 1 atom stereocenters. The summed E-state index contributed by atoms with van der Waals surface area (Å²) in [5, 5.41) is 36.0. The standard InChI is InChI=1S/C34H44FN3O7/c1-25(40)45-38(31-15-13-29(35)14-16-31)34(43)37-30-11-8-10-26(21-30)9-4-7-20-44-19-6-3-2-5-18-36-23-33(42)27-12-17-32(41)28(22-27)24-39/h8,10-17,21-22,33,36,39,41-42H,2-7,9,18-20,23-24H2,1H3,(H,37,43)/t33-/m0/s1. The highest BCUT2D eigenvalue weighted by molar-refractivity contribution is 6.01. The molecule has 3 aromatic carbocycles. The monoisotopic (exact) mass is 625 g/mol. The number of nitrogens with zero attached hydrogens (tertiary/aromatic N) is 1. The number of aromatic hydroxyl groups is 1. The number of carbonyl (C=O) groups is 2. The Balaban J connectivity index is 1.23. The number of hydrogen-bond donors (Lipinski definition) is 5. The second-order valence-electron chi connectivity index (χ2n) is 10.7. The van der Waals surface area contributed by atoms with E-state index < -0.39 is 23.9 Å². The largest absolute Gasteiger partial charge is 0.508 e. The van der Waals surface area contributed by atoms with E-state index in [1.165, 1.54) is 37.3 Å². The zero-order valence-electron chi connectivity index (χ0n) is 25.7. The Morgan fingerprint density at radius 1 is 0.933 bits per heavy atom. The summed E-state index contributed by atoms with van der Waals surface area (Å²) in [6.45, 7) is 3.51. The topological polar surface area (TPSA) is 141 Å². The van der Waals surface area contributed by atoms with Gasteiger partial charge in [0.05, 0.1) is 18.4 Å². The Labute approximate surface area is 263 Å². The molecule has 0 fully saturated rings. The van der Waals surface area contributed by atoms with E-state index >= 15 is 0 Å². The number of aryl methyl sites for hydroxylation is 1. The van der Waals surface area contributed by atoms with E-state index in [-0.39, 0.29) is 18.0 Å².